The molecule has 0 spiro atoms. The van der Waals surface area contributed by atoms with E-state index in [1.54, 1.807) is 18.2 Å². The first-order valence-electron chi connectivity index (χ1n) is 11.7. The Kier molecular flexibility index (Phi) is 11.5. The van der Waals surface area contributed by atoms with E-state index in [9.17, 15) is 41.4 Å². The summed E-state index contributed by atoms with van der Waals surface area (Å²) < 4.78 is 66.4. The summed E-state index contributed by atoms with van der Waals surface area (Å²) in [6.07, 6.45) is -5.41. The smallest absolute Gasteiger partial charge is 0.384 e. The number of aliphatic hydroxyl groups excluding tert-OH is 1. The number of rotatable bonds is 11. The molecule has 2 aromatic rings. The molecule has 0 aromatic heterocycles. The van der Waals surface area contributed by atoms with Crippen molar-refractivity contribution in [3.8, 4) is 0 Å². The van der Waals surface area contributed by atoms with Crippen LogP contribution in [0, 0.1) is 5.92 Å². The minimum atomic E-state index is -4.96. The molecule has 0 radical (unpaired) electrons. The lowest BCUT2D eigenvalue weighted by Gasteiger charge is -2.33. The molecule has 0 saturated heterocycles. The SMILES string of the molecule is CC(C)[C@H](NC(=O)C(NC(=O)/C=C/c1cc(Cl)cc(Cl)c1)c1ccccc1)C(O)C(F)(F)C(=O)NCC(F)(F)F. The molecule has 0 bridgehead atoms. The fraction of sp³-hybridized carbons (Fsp3) is 0.346. The van der Waals surface area contributed by atoms with Gasteiger partial charge in [0, 0.05) is 16.1 Å². The number of hydrogen-bond donors (Lipinski definition) is 4. The summed E-state index contributed by atoms with van der Waals surface area (Å²) in [4.78, 5) is 37.7. The maximum atomic E-state index is 14.6. The highest BCUT2D eigenvalue weighted by atomic mass is 35.5. The van der Waals surface area contributed by atoms with E-state index in [-0.39, 0.29) is 5.56 Å². The summed E-state index contributed by atoms with van der Waals surface area (Å²) in [6, 6.07) is 8.99. The van der Waals surface area contributed by atoms with Gasteiger partial charge in [-0.1, -0.05) is 67.4 Å². The van der Waals surface area contributed by atoms with Gasteiger partial charge in [0.05, 0.1) is 6.04 Å². The molecule has 3 atom stereocenters. The molecule has 2 aromatic carbocycles. The molecule has 40 heavy (non-hydrogen) atoms. The summed E-state index contributed by atoms with van der Waals surface area (Å²) in [7, 11) is 0. The van der Waals surface area contributed by atoms with Crippen molar-refractivity contribution >= 4 is 47.0 Å². The van der Waals surface area contributed by atoms with Crippen LogP contribution in [0.5, 0.6) is 0 Å². The van der Waals surface area contributed by atoms with Gasteiger partial charge in [-0.15, -0.1) is 0 Å². The van der Waals surface area contributed by atoms with Crippen molar-refractivity contribution in [3.63, 3.8) is 0 Å². The molecular weight excluding hydrogens is 584 g/mol. The Labute approximate surface area is 236 Å². The van der Waals surface area contributed by atoms with Gasteiger partial charge in [-0.25, -0.2) is 0 Å². The van der Waals surface area contributed by atoms with Crippen molar-refractivity contribution in [2.24, 2.45) is 5.92 Å². The second-order valence-corrected chi connectivity index (χ2v) is 9.91. The average Bonchev–Trinajstić information content (AvgIpc) is 2.86. The average molecular weight is 610 g/mol. The van der Waals surface area contributed by atoms with E-state index in [0.29, 0.717) is 15.6 Å². The quantitative estimate of drug-likeness (QED) is 0.219. The number of hydrogen-bond acceptors (Lipinski definition) is 4. The van der Waals surface area contributed by atoms with E-state index < -0.39 is 60.5 Å². The zero-order valence-electron chi connectivity index (χ0n) is 21.1. The highest BCUT2D eigenvalue weighted by Gasteiger charge is 2.52. The van der Waals surface area contributed by atoms with Crippen molar-refractivity contribution in [3.05, 3.63) is 75.8 Å². The molecule has 4 N–H and O–H groups in total. The number of aliphatic hydroxyl groups is 1. The van der Waals surface area contributed by atoms with Crippen molar-refractivity contribution in [1.82, 2.24) is 16.0 Å². The Morgan fingerprint density at radius 3 is 2.05 bits per heavy atom. The first kappa shape index (κ1) is 33.0. The normalized spacial score (nSPS) is 14.5. The standard InChI is InChI=1S/C26H26Cl2F5N3O4/c1-14(2)20(22(38)26(32,33)24(40)34-13-25(29,30)31)36-23(39)21(16-6-4-3-5-7-16)35-19(37)9-8-15-10-17(27)12-18(28)11-15/h3-12,14,20-22,38H,13H2,1-2H3,(H,34,40)(H,35,37)(H,36,39)/b9-8+/t20-,21?,22?/m0/s1. The van der Waals surface area contributed by atoms with Crippen LogP contribution < -0.4 is 16.0 Å². The molecule has 2 rings (SSSR count). The lowest BCUT2D eigenvalue weighted by atomic mass is 9.93. The summed E-state index contributed by atoms with van der Waals surface area (Å²) in [5, 5.41) is 16.6. The first-order chi connectivity index (χ1) is 18.5. The molecule has 7 nitrogen and oxygen atoms in total. The van der Waals surface area contributed by atoms with Crippen LogP contribution in [0.25, 0.3) is 6.08 Å². The van der Waals surface area contributed by atoms with Gasteiger partial charge >= 0.3 is 12.1 Å². The minimum absolute atomic E-state index is 0.249. The van der Waals surface area contributed by atoms with Crippen LogP contribution in [0.4, 0.5) is 22.0 Å². The Hall–Kier alpha value is -3.22. The molecular formula is C26H26Cl2F5N3O4. The number of benzene rings is 2. The fourth-order valence-electron chi connectivity index (χ4n) is 3.50. The molecule has 0 fully saturated rings. The molecule has 14 heteroatoms. The Morgan fingerprint density at radius 2 is 1.52 bits per heavy atom. The number of amides is 3. The number of carbonyl (C=O) groups is 3. The molecule has 2 unspecified atom stereocenters. The number of carbonyl (C=O) groups excluding carboxylic acids is 3. The predicted molar refractivity (Wildman–Crippen MR) is 140 cm³/mol. The Balaban J connectivity index is 2.26. The highest BCUT2D eigenvalue weighted by molar-refractivity contribution is 6.34. The molecule has 0 saturated carbocycles. The Morgan fingerprint density at radius 1 is 0.950 bits per heavy atom. The third-order valence-corrected chi connectivity index (χ3v) is 5.92. The van der Waals surface area contributed by atoms with E-state index in [0.717, 1.165) is 11.4 Å². The van der Waals surface area contributed by atoms with Gasteiger partial charge in [-0.2, -0.15) is 22.0 Å². The van der Waals surface area contributed by atoms with E-state index in [4.69, 9.17) is 23.2 Å². The molecule has 0 aliphatic rings. The third-order valence-electron chi connectivity index (χ3n) is 5.48. The second-order valence-electron chi connectivity index (χ2n) is 9.03. The van der Waals surface area contributed by atoms with Crippen molar-refractivity contribution in [2.75, 3.05) is 6.54 Å². The van der Waals surface area contributed by atoms with Crippen LogP contribution in [0.3, 0.4) is 0 Å². The van der Waals surface area contributed by atoms with Gasteiger partial charge in [0.2, 0.25) is 11.8 Å². The summed E-state index contributed by atoms with van der Waals surface area (Å²) >= 11 is 11.9. The first-order valence-corrected chi connectivity index (χ1v) is 12.5. The summed E-state index contributed by atoms with van der Waals surface area (Å²) in [5.41, 5.74) is 0.724. The summed E-state index contributed by atoms with van der Waals surface area (Å²) in [6.45, 7) is 0.642. The van der Waals surface area contributed by atoms with Gasteiger partial charge < -0.3 is 21.1 Å². The number of halogens is 7. The van der Waals surface area contributed by atoms with Crippen LogP contribution in [-0.4, -0.2) is 53.6 Å². The van der Waals surface area contributed by atoms with Crippen molar-refractivity contribution in [1.29, 1.82) is 0 Å². The minimum Gasteiger partial charge on any atom is -0.384 e. The molecule has 218 valence electrons. The van der Waals surface area contributed by atoms with Gasteiger partial charge in [0.25, 0.3) is 5.91 Å². The Bertz CT molecular complexity index is 1210. The molecule has 3 amide bonds. The van der Waals surface area contributed by atoms with Gasteiger partial charge in [-0.05, 0) is 41.3 Å². The molecule has 0 heterocycles. The second kappa shape index (κ2) is 13.9. The van der Waals surface area contributed by atoms with Crippen molar-refractivity contribution < 1.29 is 41.4 Å². The van der Waals surface area contributed by atoms with E-state index >= 15 is 0 Å². The largest absolute Gasteiger partial charge is 0.405 e. The monoisotopic (exact) mass is 609 g/mol. The lowest BCUT2D eigenvalue weighted by molar-refractivity contribution is -0.174. The number of alkyl halides is 5. The van der Waals surface area contributed by atoms with Crippen LogP contribution in [0.15, 0.2) is 54.6 Å². The zero-order valence-corrected chi connectivity index (χ0v) is 22.6. The third kappa shape index (κ3) is 9.76. The molecule has 0 aliphatic carbocycles. The maximum Gasteiger partial charge on any atom is 0.405 e. The predicted octanol–water partition coefficient (Wildman–Crippen LogP) is 4.68. The zero-order chi connectivity index (χ0) is 30.3. The molecule has 0 aliphatic heterocycles. The van der Waals surface area contributed by atoms with Gasteiger partial charge in [-0.3, -0.25) is 14.4 Å². The van der Waals surface area contributed by atoms with Crippen LogP contribution in [0.2, 0.25) is 10.0 Å². The highest BCUT2D eigenvalue weighted by Crippen LogP contribution is 2.26. The van der Waals surface area contributed by atoms with Crippen molar-refractivity contribution in [2.45, 2.75) is 44.1 Å². The lowest BCUT2D eigenvalue weighted by Crippen LogP contribution is -2.60. The van der Waals surface area contributed by atoms with Crippen LogP contribution in [-0.2, 0) is 14.4 Å². The van der Waals surface area contributed by atoms with Gasteiger partial charge in [0.1, 0.15) is 18.7 Å². The van der Waals surface area contributed by atoms with E-state index in [1.165, 1.54) is 50.3 Å². The van der Waals surface area contributed by atoms with Crippen LogP contribution >= 0.6 is 23.2 Å². The fourth-order valence-corrected chi connectivity index (χ4v) is 4.04. The van der Waals surface area contributed by atoms with Crippen LogP contribution in [0.1, 0.15) is 31.0 Å². The topological polar surface area (TPSA) is 108 Å². The van der Waals surface area contributed by atoms with E-state index in [2.05, 4.69) is 10.6 Å². The van der Waals surface area contributed by atoms with E-state index in [1.807, 2.05) is 0 Å². The van der Waals surface area contributed by atoms with Gasteiger partial charge in [0.15, 0.2) is 0 Å². The summed E-state index contributed by atoms with van der Waals surface area (Å²) in [5.74, 6) is -9.77. The maximum absolute atomic E-state index is 14.6. The number of nitrogens with one attached hydrogen (secondary N) is 3.